The second kappa shape index (κ2) is 5.72. The van der Waals surface area contributed by atoms with Gasteiger partial charge in [-0.25, -0.2) is 4.39 Å². The highest BCUT2D eigenvalue weighted by atomic mass is 79.9. The highest BCUT2D eigenvalue weighted by molar-refractivity contribution is 9.10. The lowest BCUT2D eigenvalue weighted by atomic mass is 9.97. The van der Waals surface area contributed by atoms with Gasteiger partial charge in [0.15, 0.2) is 9.80 Å². The molecule has 1 aliphatic carbocycles. The Labute approximate surface area is 128 Å². The lowest BCUT2D eigenvalue weighted by molar-refractivity contribution is 0.602. The molecule has 0 heterocycles. The van der Waals surface area contributed by atoms with Gasteiger partial charge in [0, 0.05) is 21.2 Å². The van der Waals surface area contributed by atoms with Gasteiger partial charge in [-0.05, 0) is 66.9 Å². The van der Waals surface area contributed by atoms with E-state index < -0.39 is 11.2 Å². The SMILES string of the molecule is [O-][S+](C1=CCCc2cc(Br)ccc21)c1ccc(F)cc1. The highest BCUT2D eigenvalue weighted by Gasteiger charge is 2.24. The van der Waals surface area contributed by atoms with E-state index in [2.05, 4.69) is 22.0 Å². The molecule has 2 aromatic carbocycles. The van der Waals surface area contributed by atoms with Gasteiger partial charge in [-0.2, -0.15) is 0 Å². The van der Waals surface area contributed by atoms with Gasteiger partial charge in [0.05, 0.1) is 0 Å². The van der Waals surface area contributed by atoms with Crippen LogP contribution in [0.25, 0.3) is 4.91 Å². The minimum absolute atomic E-state index is 0.312. The average Bonchev–Trinajstić information content (AvgIpc) is 2.46. The number of hydrogen-bond donors (Lipinski definition) is 0. The van der Waals surface area contributed by atoms with Gasteiger partial charge in [0.1, 0.15) is 5.82 Å². The first-order valence-corrected chi connectivity index (χ1v) is 8.26. The third-order valence-corrected chi connectivity index (χ3v) is 5.28. The molecule has 0 saturated carbocycles. The van der Waals surface area contributed by atoms with Crippen LogP contribution in [0.4, 0.5) is 4.39 Å². The summed E-state index contributed by atoms with van der Waals surface area (Å²) in [7, 11) is 0. The summed E-state index contributed by atoms with van der Waals surface area (Å²) in [6.45, 7) is 0. The zero-order chi connectivity index (χ0) is 14.1. The van der Waals surface area contributed by atoms with E-state index in [4.69, 9.17) is 0 Å². The molecule has 0 aromatic heterocycles. The van der Waals surface area contributed by atoms with Crippen LogP contribution in [0.1, 0.15) is 17.5 Å². The topological polar surface area (TPSA) is 23.1 Å². The van der Waals surface area contributed by atoms with E-state index in [0.717, 1.165) is 27.8 Å². The van der Waals surface area contributed by atoms with Crippen LogP contribution >= 0.6 is 15.9 Å². The predicted octanol–water partition coefficient (Wildman–Crippen LogP) is 4.68. The lowest BCUT2D eigenvalue weighted by Gasteiger charge is -2.20. The summed E-state index contributed by atoms with van der Waals surface area (Å²) in [5, 5.41) is 0. The van der Waals surface area contributed by atoms with Crippen molar-refractivity contribution < 1.29 is 8.94 Å². The van der Waals surface area contributed by atoms with Crippen LogP contribution in [-0.2, 0) is 17.6 Å². The zero-order valence-electron chi connectivity index (χ0n) is 10.6. The smallest absolute Gasteiger partial charge is 0.161 e. The van der Waals surface area contributed by atoms with Gasteiger partial charge in [-0.3, -0.25) is 0 Å². The molecule has 2 aromatic rings. The Kier molecular flexibility index (Phi) is 3.96. The Bertz CT molecular complexity index is 667. The molecular formula is C16H12BrFOS. The number of fused-ring (bicyclic) bond motifs is 1. The van der Waals surface area contributed by atoms with Crippen molar-refractivity contribution in [2.45, 2.75) is 17.7 Å². The molecule has 0 amide bonds. The molecule has 20 heavy (non-hydrogen) atoms. The normalized spacial score (nSPS) is 15.4. The fraction of sp³-hybridized carbons (Fsp3) is 0.125. The van der Waals surface area contributed by atoms with Crippen molar-refractivity contribution in [1.29, 1.82) is 0 Å². The Balaban J connectivity index is 1.98. The second-order valence-electron chi connectivity index (χ2n) is 4.63. The standard InChI is InChI=1S/C16H12BrFOS/c17-12-4-9-15-11(10-12)2-1-3-16(15)20(19)14-7-5-13(18)6-8-14/h3-10H,1-2H2. The van der Waals surface area contributed by atoms with Crippen molar-refractivity contribution >= 4 is 32.0 Å². The van der Waals surface area contributed by atoms with E-state index in [1.54, 1.807) is 12.1 Å². The predicted molar refractivity (Wildman–Crippen MR) is 83.2 cm³/mol. The molecule has 0 aliphatic heterocycles. The van der Waals surface area contributed by atoms with E-state index in [1.807, 2.05) is 18.2 Å². The summed E-state index contributed by atoms with van der Waals surface area (Å²) >= 11 is 2.20. The maximum absolute atomic E-state index is 13.0. The van der Waals surface area contributed by atoms with Gasteiger partial charge < -0.3 is 4.55 Å². The molecule has 0 N–H and O–H groups in total. The van der Waals surface area contributed by atoms with Crippen LogP contribution in [0.15, 0.2) is 57.9 Å². The number of allylic oxidation sites excluding steroid dienone is 1. The van der Waals surface area contributed by atoms with Crippen LogP contribution in [0.5, 0.6) is 0 Å². The third kappa shape index (κ3) is 2.68. The summed E-state index contributed by atoms with van der Waals surface area (Å²) < 4.78 is 26.7. The maximum Gasteiger partial charge on any atom is 0.161 e. The maximum atomic E-state index is 13.0. The van der Waals surface area contributed by atoms with Gasteiger partial charge in [-0.1, -0.05) is 15.9 Å². The van der Waals surface area contributed by atoms with Gasteiger partial charge >= 0.3 is 0 Å². The minimum Gasteiger partial charge on any atom is -0.606 e. The summed E-state index contributed by atoms with van der Waals surface area (Å²) in [6.07, 6.45) is 3.86. The lowest BCUT2D eigenvalue weighted by Crippen LogP contribution is -2.09. The van der Waals surface area contributed by atoms with Crippen molar-refractivity contribution in [1.82, 2.24) is 0 Å². The second-order valence-corrected chi connectivity index (χ2v) is 7.00. The van der Waals surface area contributed by atoms with E-state index in [-0.39, 0.29) is 5.82 Å². The molecule has 3 rings (SSSR count). The Morgan fingerprint density at radius 2 is 1.85 bits per heavy atom. The summed E-state index contributed by atoms with van der Waals surface area (Å²) in [6, 6.07) is 11.9. The molecule has 0 radical (unpaired) electrons. The molecule has 1 atom stereocenters. The van der Waals surface area contributed by atoms with Crippen LogP contribution in [0.3, 0.4) is 0 Å². The fourth-order valence-electron chi connectivity index (χ4n) is 2.34. The molecule has 1 aliphatic rings. The van der Waals surface area contributed by atoms with E-state index in [0.29, 0.717) is 4.90 Å². The number of hydrogen-bond acceptors (Lipinski definition) is 1. The first-order valence-electron chi connectivity index (χ1n) is 6.31. The minimum atomic E-state index is -1.27. The Morgan fingerprint density at radius 3 is 2.60 bits per heavy atom. The zero-order valence-corrected chi connectivity index (χ0v) is 13.0. The fourth-order valence-corrected chi connectivity index (χ4v) is 4.05. The first-order chi connectivity index (χ1) is 9.65. The molecule has 0 saturated heterocycles. The molecule has 0 fully saturated rings. The van der Waals surface area contributed by atoms with E-state index in [1.165, 1.54) is 17.7 Å². The van der Waals surface area contributed by atoms with Crippen molar-refractivity contribution in [3.8, 4) is 0 Å². The number of halogens is 2. The van der Waals surface area contributed by atoms with Crippen LogP contribution < -0.4 is 0 Å². The quantitative estimate of drug-likeness (QED) is 0.721. The third-order valence-electron chi connectivity index (χ3n) is 3.30. The van der Waals surface area contributed by atoms with Crippen molar-refractivity contribution in [2.24, 2.45) is 0 Å². The summed E-state index contributed by atoms with van der Waals surface area (Å²) in [4.78, 5) is 1.46. The Hall–Kier alpha value is -1.10. The van der Waals surface area contributed by atoms with Crippen molar-refractivity contribution in [3.05, 3.63) is 70.0 Å². The molecule has 1 unspecified atom stereocenters. The summed E-state index contributed by atoms with van der Waals surface area (Å²) in [5.41, 5.74) is 2.23. The van der Waals surface area contributed by atoms with E-state index >= 15 is 0 Å². The Morgan fingerprint density at radius 1 is 1.10 bits per heavy atom. The largest absolute Gasteiger partial charge is 0.606 e. The van der Waals surface area contributed by atoms with Crippen molar-refractivity contribution in [3.63, 3.8) is 0 Å². The number of aryl methyl sites for hydroxylation is 1. The highest BCUT2D eigenvalue weighted by Crippen LogP contribution is 2.35. The van der Waals surface area contributed by atoms with Crippen LogP contribution in [0.2, 0.25) is 0 Å². The van der Waals surface area contributed by atoms with Crippen LogP contribution in [-0.4, -0.2) is 4.55 Å². The summed E-state index contributed by atoms with van der Waals surface area (Å²) in [5.74, 6) is -0.312. The molecule has 0 spiro atoms. The molecule has 1 nitrogen and oxygen atoms in total. The first kappa shape index (κ1) is 13.9. The van der Waals surface area contributed by atoms with Gasteiger partial charge in [-0.15, -0.1) is 0 Å². The average molecular weight is 351 g/mol. The van der Waals surface area contributed by atoms with E-state index in [9.17, 15) is 8.94 Å². The van der Waals surface area contributed by atoms with Crippen LogP contribution in [0, 0.1) is 5.82 Å². The monoisotopic (exact) mass is 350 g/mol. The van der Waals surface area contributed by atoms with Crippen molar-refractivity contribution in [2.75, 3.05) is 0 Å². The molecule has 102 valence electrons. The molecule has 0 bridgehead atoms. The molecule has 4 heteroatoms. The van der Waals surface area contributed by atoms with Gasteiger partial charge in [0.25, 0.3) is 0 Å². The van der Waals surface area contributed by atoms with Gasteiger partial charge in [0.2, 0.25) is 0 Å². The molecular weight excluding hydrogens is 339 g/mol. The number of rotatable bonds is 2. The number of benzene rings is 2.